The number of rotatable bonds is 3. The van der Waals surface area contributed by atoms with Crippen molar-refractivity contribution in [2.45, 2.75) is 18.4 Å². The fraction of sp³-hybridized carbons (Fsp3) is 0.533. The molecule has 1 amide bonds. The highest BCUT2D eigenvalue weighted by molar-refractivity contribution is 6.33. The maximum atomic E-state index is 13.3. The van der Waals surface area contributed by atoms with Crippen molar-refractivity contribution in [1.82, 2.24) is 9.80 Å². The third kappa shape index (κ3) is 3.93. The number of likely N-dealkylation sites (N-methyl/N-ethyl adjacent to an activating group) is 1. The van der Waals surface area contributed by atoms with Gasteiger partial charge in [-0.3, -0.25) is 4.79 Å². The number of carbonyl (C=O) groups excluding carboxylic acids is 1. The second-order valence-corrected chi connectivity index (χ2v) is 6.32. The van der Waals surface area contributed by atoms with E-state index in [1.54, 1.807) is 4.90 Å². The molecule has 1 atom stereocenters. The smallest absolute Gasteiger partial charge is 0.255 e. The predicted octanol–water partition coefficient (Wildman–Crippen LogP) is 2.01. The Balaban J connectivity index is 2.17. The van der Waals surface area contributed by atoms with Crippen molar-refractivity contribution in [2.24, 2.45) is 0 Å². The number of hydrogen-bond acceptors (Lipinski definition) is 3. The third-order valence-corrected chi connectivity index (χ3v) is 3.94. The Kier molecular flexibility index (Phi) is 4.86. The number of aliphatic hydroxyl groups is 1. The van der Waals surface area contributed by atoms with Gasteiger partial charge in [-0.1, -0.05) is 11.6 Å². The second kappa shape index (κ2) is 6.30. The van der Waals surface area contributed by atoms with Crippen molar-refractivity contribution in [2.75, 3.05) is 33.7 Å². The number of piperidine rings is 1. The highest BCUT2D eigenvalue weighted by atomic mass is 35.5. The van der Waals surface area contributed by atoms with Crippen LogP contribution in [0.3, 0.4) is 0 Å². The predicted molar refractivity (Wildman–Crippen MR) is 80.1 cm³/mol. The number of carbonyl (C=O) groups is 1. The molecule has 1 fully saturated rings. The monoisotopic (exact) mass is 314 g/mol. The zero-order valence-electron chi connectivity index (χ0n) is 12.3. The highest BCUT2D eigenvalue weighted by Gasteiger charge is 2.36. The topological polar surface area (TPSA) is 43.8 Å². The summed E-state index contributed by atoms with van der Waals surface area (Å²) in [6, 6.07) is 3.74. The molecule has 0 spiro atoms. The molecule has 0 aromatic heterocycles. The Bertz CT molecular complexity index is 538. The van der Waals surface area contributed by atoms with E-state index in [0.717, 1.165) is 6.07 Å². The molecule has 1 aromatic rings. The van der Waals surface area contributed by atoms with Crippen molar-refractivity contribution >= 4 is 17.5 Å². The van der Waals surface area contributed by atoms with E-state index in [0.29, 0.717) is 25.9 Å². The van der Waals surface area contributed by atoms with Gasteiger partial charge in [0.2, 0.25) is 0 Å². The van der Waals surface area contributed by atoms with Crippen LogP contribution in [0.25, 0.3) is 0 Å². The van der Waals surface area contributed by atoms with Crippen LogP contribution >= 0.6 is 11.6 Å². The molecule has 0 saturated carbocycles. The molecule has 0 aliphatic carbocycles. The molecule has 0 bridgehead atoms. The first-order valence-electron chi connectivity index (χ1n) is 6.92. The molecule has 116 valence electrons. The highest BCUT2D eigenvalue weighted by Crippen LogP contribution is 2.25. The van der Waals surface area contributed by atoms with Crippen LogP contribution in [0, 0.1) is 5.82 Å². The van der Waals surface area contributed by atoms with Crippen LogP contribution in [0.15, 0.2) is 18.2 Å². The zero-order valence-corrected chi connectivity index (χ0v) is 13.0. The minimum absolute atomic E-state index is 0.144. The SMILES string of the molecule is CN(C)C[C@@]1(O)CCCN(C(=O)c2cc(F)ccc2Cl)C1. The number of hydrogen-bond donors (Lipinski definition) is 1. The fourth-order valence-corrected chi connectivity index (χ4v) is 3.03. The quantitative estimate of drug-likeness (QED) is 0.928. The summed E-state index contributed by atoms with van der Waals surface area (Å²) >= 11 is 5.98. The first kappa shape index (κ1) is 16.2. The lowest BCUT2D eigenvalue weighted by molar-refractivity contribution is -0.0391. The molecule has 1 aliphatic rings. The van der Waals surface area contributed by atoms with Crippen molar-refractivity contribution in [3.8, 4) is 0 Å². The van der Waals surface area contributed by atoms with Gasteiger partial charge in [-0.05, 0) is 45.1 Å². The molecule has 6 heteroatoms. The summed E-state index contributed by atoms with van der Waals surface area (Å²) in [6.07, 6.45) is 1.36. The summed E-state index contributed by atoms with van der Waals surface area (Å²) in [4.78, 5) is 15.9. The van der Waals surface area contributed by atoms with E-state index in [1.807, 2.05) is 19.0 Å². The maximum absolute atomic E-state index is 13.3. The van der Waals surface area contributed by atoms with Gasteiger partial charge in [0.25, 0.3) is 5.91 Å². The fourth-order valence-electron chi connectivity index (χ4n) is 2.84. The lowest BCUT2D eigenvalue weighted by Gasteiger charge is -2.40. The maximum Gasteiger partial charge on any atom is 0.255 e. The normalized spacial score (nSPS) is 22.7. The molecule has 1 heterocycles. The van der Waals surface area contributed by atoms with Crippen LogP contribution in [0.5, 0.6) is 0 Å². The lowest BCUT2D eigenvalue weighted by Crippen LogP contribution is -2.54. The number of likely N-dealkylation sites (tertiary alicyclic amines) is 1. The van der Waals surface area contributed by atoms with Gasteiger partial charge in [-0.15, -0.1) is 0 Å². The Morgan fingerprint density at radius 1 is 1.52 bits per heavy atom. The molecule has 1 aliphatic heterocycles. The molecule has 1 N–H and O–H groups in total. The summed E-state index contributed by atoms with van der Waals surface area (Å²) in [5, 5.41) is 10.8. The molecule has 4 nitrogen and oxygen atoms in total. The van der Waals surface area contributed by atoms with Crippen LogP contribution in [-0.2, 0) is 0 Å². The van der Waals surface area contributed by atoms with Gasteiger partial charge in [-0.2, -0.15) is 0 Å². The third-order valence-electron chi connectivity index (χ3n) is 3.61. The average Bonchev–Trinajstić information content (AvgIpc) is 2.39. The number of halogens is 2. The van der Waals surface area contributed by atoms with E-state index in [-0.39, 0.29) is 23.0 Å². The summed E-state index contributed by atoms with van der Waals surface area (Å²) in [5.74, 6) is -0.834. The van der Waals surface area contributed by atoms with Gasteiger partial charge < -0.3 is 14.9 Å². The van der Waals surface area contributed by atoms with Crippen molar-refractivity contribution in [3.63, 3.8) is 0 Å². The lowest BCUT2D eigenvalue weighted by atomic mass is 9.92. The number of benzene rings is 1. The van der Waals surface area contributed by atoms with Gasteiger partial charge in [0.15, 0.2) is 0 Å². The van der Waals surface area contributed by atoms with Crippen LogP contribution in [0.4, 0.5) is 4.39 Å². The first-order valence-corrected chi connectivity index (χ1v) is 7.30. The second-order valence-electron chi connectivity index (χ2n) is 5.92. The molecule has 21 heavy (non-hydrogen) atoms. The Morgan fingerprint density at radius 3 is 2.90 bits per heavy atom. The minimum Gasteiger partial charge on any atom is -0.387 e. The number of nitrogens with zero attached hydrogens (tertiary/aromatic N) is 2. The molecule has 0 unspecified atom stereocenters. The molecular formula is C15H20ClFN2O2. The van der Waals surface area contributed by atoms with E-state index < -0.39 is 11.4 Å². The average molecular weight is 315 g/mol. The summed E-state index contributed by atoms with van der Waals surface area (Å²) in [6.45, 7) is 1.26. The van der Waals surface area contributed by atoms with Crippen molar-refractivity contribution < 1.29 is 14.3 Å². The molecule has 1 saturated heterocycles. The summed E-state index contributed by atoms with van der Waals surface area (Å²) in [5.41, 5.74) is -0.789. The Hall–Kier alpha value is -1.17. The number of β-amino-alcohol motifs (C(OH)–C–C–N with tert-alkyl or cyclic N) is 1. The van der Waals surface area contributed by atoms with Gasteiger partial charge in [0.1, 0.15) is 5.82 Å². The van der Waals surface area contributed by atoms with E-state index >= 15 is 0 Å². The largest absolute Gasteiger partial charge is 0.387 e. The molecule has 0 radical (unpaired) electrons. The summed E-state index contributed by atoms with van der Waals surface area (Å²) in [7, 11) is 3.75. The van der Waals surface area contributed by atoms with Gasteiger partial charge >= 0.3 is 0 Å². The van der Waals surface area contributed by atoms with Crippen LogP contribution in [0.1, 0.15) is 23.2 Å². The van der Waals surface area contributed by atoms with E-state index in [4.69, 9.17) is 11.6 Å². The van der Waals surface area contributed by atoms with Gasteiger partial charge in [0.05, 0.1) is 22.7 Å². The Labute approximate surface area is 129 Å². The molecule has 2 rings (SSSR count). The first-order chi connectivity index (χ1) is 9.81. The molecular weight excluding hydrogens is 295 g/mol. The van der Waals surface area contributed by atoms with Gasteiger partial charge in [0, 0.05) is 13.1 Å². The molecule has 1 aromatic carbocycles. The zero-order chi connectivity index (χ0) is 15.6. The van der Waals surface area contributed by atoms with Crippen LogP contribution in [0.2, 0.25) is 5.02 Å². The minimum atomic E-state index is -0.933. The van der Waals surface area contributed by atoms with E-state index in [1.165, 1.54) is 12.1 Å². The van der Waals surface area contributed by atoms with E-state index in [9.17, 15) is 14.3 Å². The number of amides is 1. The van der Waals surface area contributed by atoms with Crippen LogP contribution in [-0.4, -0.2) is 60.1 Å². The van der Waals surface area contributed by atoms with Crippen molar-refractivity contribution in [1.29, 1.82) is 0 Å². The van der Waals surface area contributed by atoms with E-state index in [2.05, 4.69) is 0 Å². The van der Waals surface area contributed by atoms with Crippen molar-refractivity contribution in [3.05, 3.63) is 34.6 Å². The summed E-state index contributed by atoms with van der Waals surface area (Å²) < 4.78 is 13.3. The Morgan fingerprint density at radius 2 is 2.24 bits per heavy atom. The van der Waals surface area contributed by atoms with Gasteiger partial charge in [-0.25, -0.2) is 4.39 Å². The van der Waals surface area contributed by atoms with Crippen LogP contribution < -0.4 is 0 Å². The standard InChI is InChI=1S/C15H20ClFN2O2/c1-18(2)9-15(21)6-3-7-19(10-15)14(20)12-8-11(17)4-5-13(12)16/h4-5,8,21H,3,6-7,9-10H2,1-2H3/t15-/m0/s1.